The monoisotopic (exact) mass is 615 g/mol. The van der Waals surface area contributed by atoms with Crippen LogP contribution in [0.3, 0.4) is 0 Å². The van der Waals surface area contributed by atoms with E-state index >= 15 is 0 Å². The summed E-state index contributed by atoms with van der Waals surface area (Å²) in [4.78, 5) is 0. The van der Waals surface area contributed by atoms with E-state index in [2.05, 4.69) is 122 Å². The molecular weight excluding hydrogens is 586 g/mol. The summed E-state index contributed by atoms with van der Waals surface area (Å²) in [6.45, 7) is 6.76. The molecule has 0 N–H and O–H groups in total. The molecule has 0 unspecified atom stereocenters. The van der Waals surface area contributed by atoms with Crippen LogP contribution in [0.2, 0.25) is 5.02 Å². The normalized spacial score (nSPS) is 12.3. The Labute approximate surface area is 271 Å². The van der Waals surface area contributed by atoms with Gasteiger partial charge in [0.1, 0.15) is 22.5 Å². The summed E-state index contributed by atoms with van der Waals surface area (Å²) in [5.74, 6) is 0.864. The van der Waals surface area contributed by atoms with Gasteiger partial charge in [-0.15, -0.1) is 0 Å². The average molecular weight is 616 g/mol. The molecule has 0 aliphatic carbocycles. The maximum absolute atomic E-state index is 7.13. The Morgan fingerprint density at radius 1 is 0.565 bits per heavy atom. The van der Waals surface area contributed by atoms with Gasteiger partial charge in [-0.3, -0.25) is 0 Å². The Morgan fingerprint density at radius 2 is 1.26 bits per heavy atom. The Hall–Kier alpha value is -5.25. The molecule has 0 amide bonds. The summed E-state index contributed by atoms with van der Waals surface area (Å²) < 4.78 is 15.5. The van der Waals surface area contributed by atoms with E-state index in [0.29, 0.717) is 5.02 Å². The molecule has 46 heavy (non-hydrogen) atoms. The second-order valence-corrected chi connectivity index (χ2v) is 13.5. The van der Waals surface area contributed by atoms with Crippen LogP contribution in [0.5, 0.6) is 0 Å². The van der Waals surface area contributed by atoms with Crippen LogP contribution in [0.25, 0.3) is 82.9 Å². The molecule has 222 valence electrons. The minimum Gasteiger partial charge on any atom is -0.455 e. The zero-order valence-corrected chi connectivity index (χ0v) is 26.5. The highest BCUT2D eigenvalue weighted by atomic mass is 35.5. The van der Waals surface area contributed by atoms with Gasteiger partial charge in [0.25, 0.3) is 0 Å². The topological polar surface area (TPSA) is 31.2 Å². The van der Waals surface area contributed by atoms with E-state index in [1.54, 1.807) is 0 Å². The number of fused-ring (bicyclic) bond motifs is 8. The number of halogens is 1. The second kappa shape index (κ2) is 9.87. The lowest BCUT2D eigenvalue weighted by molar-refractivity contribution is 0.591. The van der Waals surface area contributed by atoms with Crippen LogP contribution in [-0.4, -0.2) is 4.57 Å². The fourth-order valence-corrected chi connectivity index (χ4v) is 7.28. The van der Waals surface area contributed by atoms with Crippen molar-refractivity contribution in [3.63, 3.8) is 0 Å². The quantitative estimate of drug-likeness (QED) is 0.198. The highest BCUT2D eigenvalue weighted by molar-refractivity contribution is 6.41. The lowest BCUT2D eigenvalue weighted by Crippen LogP contribution is -2.10. The van der Waals surface area contributed by atoms with Crippen LogP contribution in [0.1, 0.15) is 26.3 Å². The average Bonchev–Trinajstić information content (AvgIpc) is 3.74. The zero-order chi connectivity index (χ0) is 31.2. The molecule has 0 bridgehead atoms. The largest absolute Gasteiger partial charge is 0.455 e. The van der Waals surface area contributed by atoms with Crippen molar-refractivity contribution in [2.24, 2.45) is 0 Å². The molecule has 4 heteroatoms. The Balaban J connectivity index is 1.40. The van der Waals surface area contributed by atoms with E-state index in [0.717, 1.165) is 82.9 Å². The zero-order valence-electron chi connectivity index (χ0n) is 25.8. The van der Waals surface area contributed by atoms with Gasteiger partial charge in [-0.1, -0.05) is 117 Å². The molecule has 9 aromatic rings. The molecule has 0 saturated carbocycles. The van der Waals surface area contributed by atoms with Gasteiger partial charge >= 0.3 is 0 Å². The summed E-state index contributed by atoms with van der Waals surface area (Å²) in [5.41, 5.74) is 10.1. The molecule has 3 aromatic heterocycles. The first-order valence-corrected chi connectivity index (χ1v) is 16.0. The van der Waals surface area contributed by atoms with Crippen molar-refractivity contribution in [2.75, 3.05) is 0 Å². The summed E-state index contributed by atoms with van der Waals surface area (Å²) in [7, 11) is 0. The molecule has 3 nitrogen and oxygen atoms in total. The summed E-state index contributed by atoms with van der Waals surface area (Å²) in [6.07, 6.45) is 0. The van der Waals surface area contributed by atoms with Crippen molar-refractivity contribution in [1.29, 1.82) is 0 Å². The minimum atomic E-state index is -0.0177. The van der Waals surface area contributed by atoms with Crippen LogP contribution >= 0.6 is 11.6 Å². The van der Waals surface area contributed by atoms with Crippen LogP contribution < -0.4 is 0 Å². The third-order valence-corrected chi connectivity index (χ3v) is 9.52. The Morgan fingerprint density at radius 3 is 2.02 bits per heavy atom. The molecule has 0 atom stereocenters. The van der Waals surface area contributed by atoms with Crippen LogP contribution in [0.4, 0.5) is 0 Å². The maximum atomic E-state index is 7.13. The Kier molecular flexibility index (Phi) is 5.82. The fraction of sp³-hybridized carbons (Fsp3) is 0.0952. The highest BCUT2D eigenvalue weighted by Crippen LogP contribution is 2.46. The molecular formula is C42H30ClNO2. The van der Waals surface area contributed by atoms with Crippen molar-refractivity contribution in [2.45, 2.75) is 26.2 Å². The van der Waals surface area contributed by atoms with E-state index in [1.807, 2.05) is 30.3 Å². The van der Waals surface area contributed by atoms with Crippen molar-refractivity contribution >= 4 is 66.3 Å². The number of para-hydroxylation sites is 1. The number of benzene rings is 6. The lowest BCUT2D eigenvalue weighted by atomic mass is 9.86. The van der Waals surface area contributed by atoms with Gasteiger partial charge in [-0.25, -0.2) is 0 Å². The highest BCUT2D eigenvalue weighted by Gasteiger charge is 2.24. The number of hydrogen-bond acceptors (Lipinski definition) is 2. The number of furan rings is 2. The lowest BCUT2D eigenvalue weighted by Gasteiger charge is -2.19. The van der Waals surface area contributed by atoms with Crippen molar-refractivity contribution in [3.8, 4) is 28.1 Å². The SMILES string of the molecule is CC(C)(C)c1ccc2c(c1)c1c3oc4ccccc4c3c(Cl)cc1n2-c1ccc2oc(-c3ccccc3)c(-c3ccccc3)c2c1. The molecule has 6 aromatic carbocycles. The number of aromatic nitrogens is 1. The van der Waals surface area contributed by atoms with Crippen molar-refractivity contribution < 1.29 is 8.83 Å². The van der Waals surface area contributed by atoms with E-state index in [1.165, 1.54) is 5.56 Å². The molecule has 0 spiro atoms. The summed E-state index contributed by atoms with van der Waals surface area (Å²) in [6, 6.07) is 44.4. The smallest absolute Gasteiger partial charge is 0.146 e. The molecule has 0 aliphatic rings. The molecule has 0 saturated heterocycles. The van der Waals surface area contributed by atoms with Gasteiger partial charge in [0.2, 0.25) is 0 Å². The third-order valence-electron chi connectivity index (χ3n) is 9.22. The Bertz CT molecular complexity index is 2620. The predicted molar refractivity (Wildman–Crippen MR) is 192 cm³/mol. The molecule has 3 heterocycles. The fourth-order valence-electron chi connectivity index (χ4n) is 6.99. The standard InChI is InChI=1S/C42H30ClNO2/c1-42(2,3)27-18-20-33-30(22-27)39-34(24-32(43)38-29-16-10-11-17-35(29)46-41(38)39)44(33)28-19-21-36-31(23-28)37(25-12-6-4-7-13-25)40(45-36)26-14-8-5-9-15-26/h4-24H,1-3H3. The molecule has 0 aliphatic heterocycles. The molecule has 0 radical (unpaired) electrons. The minimum absolute atomic E-state index is 0.0177. The molecule has 9 rings (SSSR count). The first-order valence-electron chi connectivity index (χ1n) is 15.6. The van der Waals surface area contributed by atoms with Crippen LogP contribution in [0, 0.1) is 0 Å². The summed E-state index contributed by atoms with van der Waals surface area (Å²) >= 11 is 7.13. The van der Waals surface area contributed by atoms with E-state index < -0.39 is 0 Å². The van der Waals surface area contributed by atoms with Gasteiger partial charge < -0.3 is 13.4 Å². The first kappa shape index (κ1) is 27.1. The summed E-state index contributed by atoms with van der Waals surface area (Å²) in [5, 5.41) is 5.92. The van der Waals surface area contributed by atoms with E-state index in [9.17, 15) is 0 Å². The van der Waals surface area contributed by atoms with E-state index in [-0.39, 0.29) is 5.41 Å². The van der Waals surface area contributed by atoms with E-state index in [4.69, 9.17) is 20.4 Å². The number of hydrogen-bond donors (Lipinski definition) is 0. The third kappa shape index (κ3) is 3.98. The second-order valence-electron chi connectivity index (χ2n) is 13.1. The van der Waals surface area contributed by atoms with Gasteiger partial charge in [-0.05, 0) is 59.0 Å². The first-order chi connectivity index (χ1) is 22.4. The van der Waals surface area contributed by atoms with Gasteiger partial charge in [0.05, 0.1) is 21.4 Å². The maximum Gasteiger partial charge on any atom is 0.146 e. The van der Waals surface area contributed by atoms with Crippen LogP contribution in [-0.2, 0) is 5.41 Å². The van der Waals surface area contributed by atoms with Crippen LogP contribution in [0.15, 0.2) is 136 Å². The predicted octanol–water partition coefficient (Wildman–Crippen LogP) is 12.7. The number of rotatable bonds is 3. The molecule has 0 fully saturated rings. The van der Waals surface area contributed by atoms with Crippen molar-refractivity contribution in [3.05, 3.63) is 138 Å². The van der Waals surface area contributed by atoms with Gasteiger partial charge in [0.15, 0.2) is 0 Å². The van der Waals surface area contributed by atoms with Gasteiger partial charge in [-0.2, -0.15) is 0 Å². The van der Waals surface area contributed by atoms with Crippen molar-refractivity contribution in [1.82, 2.24) is 4.57 Å². The van der Waals surface area contributed by atoms with Gasteiger partial charge in [0, 0.05) is 38.4 Å². The number of nitrogens with zero attached hydrogens (tertiary/aromatic N) is 1.